The van der Waals surface area contributed by atoms with Crippen LogP contribution in [0.5, 0.6) is 0 Å². The lowest BCUT2D eigenvalue weighted by Crippen LogP contribution is -2.32. The van der Waals surface area contributed by atoms with Gasteiger partial charge in [-0.2, -0.15) is 5.48 Å². The first kappa shape index (κ1) is 24.7. The van der Waals surface area contributed by atoms with Gasteiger partial charge in [0.1, 0.15) is 0 Å². The van der Waals surface area contributed by atoms with Crippen LogP contribution in [-0.4, -0.2) is 11.9 Å². The van der Waals surface area contributed by atoms with Crippen LogP contribution < -0.4 is 5.48 Å². The summed E-state index contributed by atoms with van der Waals surface area (Å²) in [4.78, 5) is 27.7. The molecule has 26 heavy (non-hydrogen) atoms. The first-order valence-corrected chi connectivity index (χ1v) is 10.8. The van der Waals surface area contributed by atoms with E-state index >= 15 is 0 Å². The van der Waals surface area contributed by atoms with E-state index in [4.69, 9.17) is 0 Å². The van der Waals surface area contributed by atoms with Gasteiger partial charge < -0.3 is 4.84 Å². The van der Waals surface area contributed by atoms with E-state index in [1.54, 1.807) is 0 Å². The molecule has 0 saturated carbocycles. The molecule has 1 amide bonds. The maximum atomic E-state index is 12.1. The van der Waals surface area contributed by atoms with Gasteiger partial charge in [-0.3, -0.25) is 4.79 Å². The van der Waals surface area contributed by atoms with Crippen molar-refractivity contribution < 1.29 is 14.4 Å². The molecule has 0 aromatic rings. The highest BCUT2D eigenvalue weighted by molar-refractivity contribution is 5.84. The Morgan fingerprint density at radius 1 is 0.808 bits per heavy atom. The Morgan fingerprint density at radius 3 is 1.77 bits per heavy atom. The van der Waals surface area contributed by atoms with Crippen molar-refractivity contribution in [1.29, 1.82) is 0 Å². The summed E-state index contributed by atoms with van der Waals surface area (Å²) in [5.41, 5.74) is 2.25. The number of carbonyl (C=O) groups is 2. The van der Waals surface area contributed by atoms with Crippen LogP contribution in [0.3, 0.4) is 0 Å². The van der Waals surface area contributed by atoms with E-state index < -0.39 is 5.97 Å². The van der Waals surface area contributed by atoms with Crippen LogP contribution in [0, 0.1) is 5.92 Å². The van der Waals surface area contributed by atoms with Crippen molar-refractivity contribution in [1.82, 2.24) is 5.48 Å². The molecule has 0 spiro atoms. The largest absolute Gasteiger partial charge is 0.355 e. The Bertz CT molecular complexity index is 368. The molecule has 0 aliphatic carbocycles. The molecule has 4 nitrogen and oxygen atoms in total. The summed E-state index contributed by atoms with van der Waals surface area (Å²) in [6.45, 7) is 7.63. The Balaban J connectivity index is 3.63. The minimum absolute atomic E-state index is 0.0688. The average molecular weight is 368 g/mol. The van der Waals surface area contributed by atoms with Crippen molar-refractivity contribution in [2.45, 2.75) is 110 Å². The summed E-state index contributed by atoms with van der Waals surface area (Å²) < 4.78 is 0. The fourth-order valence-electron chi connectivity index (χ4n) is 3.21. The van der Waals surface area contributed by atoms with Crippen LogP contribution in [0.2, 0.25) is 0 Å². The third-order valence-electron chi connectivity index (χ3n) is 4.83. The van der Waals surface area contributed by atoms with E-state index in [1.807, 2.05) is 0 Å². The molecule has 0 saturated heterocycles. The van der Waals surface area contributed by atoms with E-state index in [2.05, 4.69) is 30.7 Å². The normalized spacial score (nSPS) is 11.8. The lowest BCUT2D eigenvalue weighted by molar-refractivity contribution is -0.155. The van der Waals surface area contributed by atoms with Crippen molar-refractivity contribution in [2.24, 2.45) is 5.92 Å². The van der Waals surface area contributed by atoms with E-state index in [1.165, 1.54) is 70.6 Å². The number of carbonyl (C=O) groups excluding carboxylic acids is 2. The molecule has 0 heterocycles. The van der Waals surface area contributed by atoms with Gasteiger partial charge in [0.15, 0.2) is 0 Å². The van der Waals surface area contributed by atoms with Gasteiger partial charge in [0, 0.05) is 12.0 Å². The molecule has 0 aromatic heterocycles. The zero-order valence-corrected chi connectivity index (χ0v) is 17.2. The number of rotatable bonds is 17. The van der Waals surface area contributed by atoms with Crippen molar-refractivity contribution in [3.8, 4) is 0 Å². The van der Waals surface area contributed by atoms with E-state index in [0.717, 1.165) is 31.8 Å². The lowest BCUT2D eigenvalue weighted by atomic mass is 9.95. The highest BCUT2D eigenvalue weighted by Gasteiger charge is 2.18. The van der Waals surface area contributed by atoms with Gasteiger partial charge in [-0.15, -0.1) is 0 Å². The Kier molecular flexibility index (Phi) is 17.5. The summed E-state index contributed by atoms with van der Waals surface area (Å²) in [7, 11) is 0. The highest BCUT2D eigenvalue weighted by atomic mass is 16.7. The molecule has 0 fully saturated rings. The molecule has 0 aromatic carbocycles. The fourth-order valence-corrected chi connectivity index (χ4v) is 3.21. The molecular weight excluding hydrogens is 326 g/mol. The van der Waals surface area contributed by atoms with E-state index in [-0.39, 0.29) is 11.8 Å². The van der Waals surface area contributed by atoms with Gasteiger partial charge in [0.05, 0.1) is 0 Å². The van der Waals surface area contributed by atoms with Gasteiger partial charge >= 0.3 is 5.97 Å². The van der Waals surface area contributed by atoms with E-state index in [9.17, 15) is 9.59 Å². The number of hydrogen-bond acceptors (Lipinski definition) is 3. The number of hydroxylamine groups is 1. The zero-order valence-electron chi connectivity index (χ0n) is 17.2. The zero-order chi connectivity index (χ0) is 19.5. The van der Waals surface area contributed by atoms with Crippen LogP contribution in [0.15, 0.2) is 12.7 Å². The van der Waals surface area contributed by atoms with Crippen molar-refractivity contribution in [2.75, 3.05) is 0 Å². The summed E-state index contributed by atoms with van der Waals surface area (Å²) >= 11 is 0. The van der Waals surface area contributed by atoms with Crippen molar-refractivity contribution >= 4 is 11.9 Å². The van der Waals surface area contributed by atoms with Gasteiger partial charge in [-0.05, 0) is 12.8 Å². The number of amides is 1. The average Bonchev–Trinajstić information content (AvgIpc) is 2.65. The van der Waals surface area contributed by atoms with Crippen LogP contribution in [0.1, 0.15) is 110 Å². The predicted octanol–water partition coefficient (Wildman–Crippen LogP) is 6.25. The topological polar surface area (TPSA) is 55.4 Å². The summed E-state index contributed by atoms with van der Waals surface area (Å²) in [5, 5.41) is 0. The fraction of sp³-hybridized carbons (Fsp3) is 0.818. The monoisotopic (exact) mass is 367 g/mol. The number of nitrogens with one attached hydrogen (secondary N) is 1. The molecular formula is C22H41NO3. The number of hydrogen-bond donors (Lipinski definition) is 1. The molecule has 4 heteroatoms. The van der Waals surface area contributed by atoms with Crippen LogP contribution in [-0.2, 0) is 14.4 Å². The van der Waals surface area contributed by atoms with Gasteiger partial charge in [0.2, 0.25) is 0 Å². The standard InChI is InChI=1S/C22H41NO3/c1-4-7-8-9-10-11-12-13-14-15-16-17-19-20(18-5-2)22(25)23-26-21(24)6-3/h6,20H,3-5,7-19H2,1-2H3,(H,23,25). The first-order chi connectivity index (χ1) is 12.7. The maximum Gasteiger partial charge on any atom is 0.355 e. The Hall–Kier alpha value is -1.32. The Morgan fingerprint density at radius 2 is 1.31 bits per heavy atom. The Labute approximate surface area is 161 Å². The van der Waals surface area contributed by atoms with Crippen LogP contribution in [0.4, 0.5) is 0 Å². The van der Waals surface area contributed by atoms with Crippen LogP contribution >= 0.6 is 0 Å². The highest BCUT2D eigenvalue weighted by Crippen LogP contribution is 2.18. The molecule has 0 aliphatic rings. The van der Waals surface area contributed by atoms with Crippen molar-refractivity contribution in [3.05, 3.63) is 12.7 Å². The molecule has 1 N–H and O–H groups in total. The molecule has 0 bridgehead atoms. The minimum atomic E-state index is -0.626. The lowest BCUT2D eigenvalue weighted by Gasteiger charge is -2.15. The van der Waals surface area contributed by atoms with Crippen LogP contribution in [0.25, 0.3) is 0 Å². The summed E-state index contributed by atoms with van der Waals surface area (Å²) in [6.07, 6.45) is 19.5. The maximum absolute atomic E-state index is 12.1. The number of unbranched alkanes of at least 4 members (excludes halogenated alkanes) is 11. The van der Waals surface area contributed by atoms with Gasteiger partial charge in [-0.1, -0.05) is 104 Å². The third-order valence-corrected chi connectivity index (χ3v) is 4.83. The molecule has 0 aliphatic heterocycles. The minimum Gasteiger partial charge on any atom is -0.336 e. The molecule has 152 valence electrons. The molecule has 1 unspecified atom stereocenters. The second kappa shape index (κ2) is 18.5. The molecule has 1 atom stereocenters. The molecule has 0 radical (unpaired) electrons. The predicted molar refractivity (Wildman–Crippen MR) is 109 cm³/mol. The van der Waals surface area contributed by atoms with Crippen molar-refractivity contribution in [3.63, 3.8) is 0 Å². The second-order valence-electron chi connectivity index (χ2n) is 7.25. The smallest absolute Gasteiger partial charge is 0.336 e. The molecule has 0 rings (SSSR count). The van der Waals surface area contributed by atoms with Gasteiger partial charge in [0.25, 0.3) is 5.91 Å². The SMILES string of the molecule is C=CC(=O)ONC(=O)C(CCC)CCCCCCCCCCCCCC. The second-order valence-corrected chi connectivity index (χ2v) is 7.25. The first-order valence-electron chi connectivity index (χ1n) is 10.8. The summed E-state index contributed by atoms with van der Waals surface area (Å²) in [6, 6.07) is 0. The summed E-state index contributed by atoms with van der Waals surface area (Å²) in [5.74, 6) is -0.884. The van der Waals surface area contributed by atoms with Gasteiger partial charge in [-0.25, -0.2) is 4.79 Å². The van der Waals surface area contributed by atoms with E-state index in [0.29, 0.717) is 0 Å². The quantitative estimate of drug-likeness (QED) is 0.188. The third kappa shape index (κ3) is 15.0.